The third-order valence-corrected chi connectivity index (χ3v) is 6.57. The Balaban J connectivity index is 0.00000169. The summed E-state index contributed by atoms with van der Waals surface area (Å²) >= 11 is 0. The molecule has 0 saturated carbocycles. The van der Waals surface area contributed by atoms with Crippen LogP contribution in [0.5, 0.6) is 0 Å². The van der Waals surface area contributed by atoms with Crippen LogP contribution in [0.25, 0.3) is 0 Å². The third-order valence-electron chi connectivity index (χ3n) is 2.49. The van der Waals surface area contributed by atoms with Crippen molar-refractivity contribution >= 4 is 35.0 Å². The molecule has 1 rings (SSSR count). The van der Waals surface area contributed by atoms with E-state index in [9.17, 15) is 0 Å². The zero-order valence-corrected chi connectivity index (χ0v) is 12.7. The molecule has 0 spiro atoms. The summed E-state index contributed by atoms with van der Waals surface area (Å²) in [4.78, 5) is 0. The monoisotopic (exact) mass is 216 g/mol. The maximum Gasteiger partial charge on any atom is 0.0732 e. The van der Waals surface area contributed by atoms with Gasteiger partial charge in [0, 0.05) is 25.3 Å². The molecular formula is C11H21LiSi2. The van der Waals surface area contributed by atoms with Gasteiger partial charge in [-0.05, 0) is 0 Å². The molecule has 2 radical (unpaired) electrons. The van der Waals surface area contributed by atoms with E-state index in [-0.39, 0.29) is 18.9 Å². The van der Waals surface area contributed by atoms with Gasteiger partial charge in [0.25, 0.3) is 0 Å². The van der Waals surface area contributed by atoms with Gasteiger partial charge < -0.3 is 0 Å². The van der Waals surface area contributed by atoms with E-state index >= 15 is 0 Å². The van der Waals surface area contributed by atoms with Crippen molar-refractivity contribution in [3.8, 4) is 0 Å². The minimum absolute atomic E-state index is 0. The number of rotatable bonds is 2. The second kappa shape index (κ2) is 4.57. The second-order valence-corrected chi connectivity index (χ2v) is 16.0. The van der Waals surface area contributed by atoms with Crippen LogP contribution < -0.4 is 0 Å². The summed E-state index contributed by atoms with van der Waals surface area (Å²) in [5, 5.41) is 3.23. The Hall–Kier alpha value is 0.511. The van der Waals surface area contributed by atoms with E-state index in [2.05, 4.69) is 57.9 Å². The van der Waals surface area contributed by atoms with E-state index in [1.807, 2.05) is 0 Å². The van der Waals surface area contributed by atoms with Gasteiger partial charge >= 0.3 is 0 Å². The smallest absolute Gasteiger partial charge is 0.0732 e. The van der Waals surface area contributed by atoms with E-state index in [1.165, 1.54) is 0 Å². The fraction of sp³-hybridized carbons (Fsp3) is 0.545. The molecule has 0 aromatic rings. The topological polar surface area (TPSA) is 0 Å². The Morgan fingerprint density at radius 2 is 1.00 bits per heavy atom. The molecule has 0 unspecified atom stereocenters. The molecule has 1 aliphatic rings. The van der Waals surface area contributed by atoms with Crippen LogP contribution in [-0.4, -0.2) is 35.0 Å². The summed E-state index contributed by atoms with van der Waals surface area (Å²) in [6.07, 6.45) is 7.15. The molecule has 0 saturated heterocycles. The minimum atomic E-state index is -1.07. The van der Waals surface area contributed by atoms with Gasteiger partial charge in [0.15, 0.2) is 0 Å². The van der Waals surface area contributed by atoms with Crippen molar-refractivity contribution in [2.45, 2.75) is 39.3 Å². The second-order valence-electron chi connectivity index (χ2n) is 5.89. The van der Waals surface area contributed by atoms with Crippen molar-refractivity contribution < 1.29 is 0 Å². The van der Waals surface area contributed by atoms with Crippen LogP contribution in [0.2, 0.25) is 39.3 Å². The standard InChI is InChI=1S/C11H21Si2.Li/c1-12(2,3)10-7-8-11(9-10)13(4,5)6;/h7-9H,1-6H3;. The average Bonchev–Trinajstić information content (AvgIpc) is 2.28. The molecule has 0 bridgehead atoms. The molecular weight excluding hydrogens is 195 g/mol. The van der Waals surface area contributed by atoms with Crippen LogP contribution in [0.4, 0.5) is 0 Å². The van der Waals surface area contributed by atoms with Gasteiger partial charge in [0.1, 0.15) is 0 Å². The first kappa shape index (κ1) is 14.5. The number of hydrogen-bond donors (Lipinski definition) is 0. The maximum absolute atomic E-state index is 2.46. The fourth-order valence-corrected chi connectivity index (χ4v) is 3.86. The van der Waals surface area contributed by atoms with Crippen molar-refractivity contribution in [1.29, 1.82) is 0 Å². The van der Waals surface area contributed by atoms with Gasteiger partial charge in [-0.3, -0.25) is 0 Å². The third kappa shape index (κ3) is 3.58. The van der Waals surface area contributed by atoms with E-state index < -0.39 is 16.1 Å². The summed E-state index contributed by atoms with van der Waals surface area (Å²) in [6.45, 7) is 14.5. The van der Waals surface area contributed by atoms with Gasteiger partial charge in [-0.2, -0.15) is 0 Å². The molecule has 74 valence electrons. The van der Waals surface area contributed by atoms with Gasteiger partial charge in [0.2, 0.25) is 0 Å². The zero-order valence-electron chi connectivity index (χ0n) is 10.7. The molecule has 1 aliphatic carbocycles. The normalized spacial score (nSPS) is 17.3. The van der Waals surface area contributed by atoms with Crippen LogP contribution in [-0.2, 0) is 0 Å². The summed E-state index contributed by atoms with van der Waals surface area (Å²) in [7, 11) is -2.14. The van der Waals surface area contributed by atoms with Crippen molar-refractivity contribution in [2.24, 2.45) is 0 Å². The Kier molecular flexibility index (Phi) is 4.74. The number of hydrogen-bond acceptors (Lipinski definition) is 0. The van der Waals surface area contributed by atoms with Gasteiger partial charge in [-0.1, -0.05) is 61.8 Å². The van der Waals surface area contributed by atoms with Crippen molar-refractivity contribution in [2.75, 3.05) is 0 Å². The van der Waals surface area contributed by atoms with E-state index in [1.54, 1.807) is 10.4 Å². The van der Waals surface area contributed by atoms with Gasteiger partial charge in [0.05, 0.1) is 16.1 Å². The van der Waals surface area contributed by atoms with Crippen molar-refractivity contribution in [1.82, 2.24) is 0 Å². The van der Waals surface area contributed by atoms with Crippen LogP contribution in [0, 0.1) is 6.42 Å². The Morgan fingerprint density at radius 1 is 0.714 bits per heavy atom. The molecule has 0 amide bonds. The van der Waals surface area contributed by atoms with Crippen molar-refractivity contribution in [3.05, 3.63) is 29.0 Å². The zero-order chi connectivity index (χ0) is 10.3. The Bertz CT molecular complexity index is 236. The van der Waals surface area contributed by atoms with E-state index in [0.717, 1.165) is 0 Å². The first-order valence-corrected chi connectivity index (χ1v) is 12.0. The average molecular weight is 216 g/mol. The predicted molar refractivity (Wildman–Crippen MR) is 72.9 cm³/mol. The first-order chi connectivity index (χ1) is 5.71. The molecule has 14 heavy (non-hydrogen) atoms. The van der Waals surface area contributed by atoms with Crippen LogP contribution in [0.1, 0.15) is 0 Å². The van der Waals surface area contributed by atoms with Gasteiger partial charge in [-0.15, -0.1) is 0 Å². The largest absolute Gasteiger partial charge is 0.0736 e. The molecule has 0 N–H and O–H groups in total. The van der Waals surface area contributed by atoms with E-state index in [0.29, 0.717) is 0 Å². The molecule has 0 aromatic heterocycles. The first-order valence-electron chi connectivity index (χ1n) is 4.99. The molecule has 0 fully saturated rings. The predicted octanol–water partition coefficient (Wildman–Crippen LogP) is 3.43. The van der Waals surface area contributed by atoms with Crippen molar-refractivity contribution in [3.63, 3.8) is 0 Å². The van der Waals surface area contributed by atoms with Crippen LogP contribution in [0.15, 0.2) is 22.5 Å². The number of allylic oxidation sites excluding steroid dienone is 4. The van der Waals surface area contributed by atoms with Crippen LogP contribution in [0.3, 0.4) is 0 Å². The minimum Gasteiger partial charge on any atom is -0.0736 e. The summed E-state index contributed by atoms with van der Waals surface area (Å²) in [6, 6.07) is 0. The van der Waals surface area contributed by atoms with Crippen LogP contribution >= 0.6 is 0 Å². The molecule has 0 heterocycles. The molecule has 0 atom stereocenters. The fourth-order valence-electron chi connectivity index (χ4n) is 1.38. The van der Waals surface area contributed by atoms with Gasteiger partial charge in [-0.25, -0.2) is 0 Å². The summed E-state index contributed by atoms with van der Waals surface area (Å²) in [5.74, 6) is 0. The molecule has 3 heteroatoms. The Morgan fingerprint density at radius 3 is 1.14 bits per heavy atom. The molecule has 0 aromatic carbocycles. The van der Waals surface area contributed by atoms with E-state index in [4.69, 9.17) is 0 Å². The summed E-state index contributed by atoms with van der Waals surface area (Å²) < 4.78 is 0. The SMILES string of the molecule is C[Si](C)(C)C1=CC=C([Si](C)(C)C)[CH]1.[Li]. The molecule has 0 aliphatic heterocycles. The molecule has 0 nitrogen and oxygen atoms in total. The Labute approximate surface area is 103 Å². The quantitative estimate of drug-likeness (QED) is 0.620. The summed E-state index contributed by atoms with van der Waals surface area (Å²) in [5.41, 5.74) is 0. The maximum atomic E-state index is 2.46.